The molecule has 0 saturated heterocycles. The summed E-state index contributed by atoms with van der Waals surface area (Å²) < 4.78 is 5.55. The van der Waals surface area contributed by atoms with Crippen molar-refractivity contribution in [2.24, 2.45) is 16.8 Å². The summed E-state index contributed by atoms with van der Waals surface area (Å²) in [6.07, 6.45) is 3.57. The topological polar surface area (TPSA) is 59.6 Å². The number of nitrogens with one attached hydrogen (secondary N) is 1. The first-order valence-corrected chi connectivity index (χ1v) is 6.52. The van der Waals surface area contributed by atoms with Crippen molar-refractivity contribution in [3.63, 3.8) is 0 Å². The van der Waals surface area contributed by atoms with Crippen LogP contribution in [0.3, 0.4) is 0 Å². The third kappa shape index (κ3) is 3.55. The molecule has 0 spiro atoms. The van der Waals surface area contributed by atoms with Crippen molar-refractivity contribution in [1.29, 1.82) is 0 Å². The molecule has 1 aliphatic carbocycles. The molecule has 98 valence electrons. The van der Waals surface area contributed by atoms with E-state index in [9.17, 15) is 0 Å². The number of hydrazine groups is 1. The number of ether oxygens (including phenoxy) is 1. The van der Waals surface area contributed by atoms with E-state index in [2.05, 4.69) is 10.4 Å². The van der Waals surface area contributed by atoms with Gasteiger partial charge in [0, 0.05) is 13.0 Å². The Morgan fingerprint density at radius 2 is 2.11 bits per heavy atom. The summed E-state index contributed by atoms with van der Waals surface area (Å²) in [5.74, 6) is 7.02. The SMILES string of the molecule is CCOC1CC(CC(=Nc2ccccc2)NN)C1. The van der Waals surface area contributed by atoms with Crippen molar-refractivity contribution in [3.8, 4) is 0 Å². The van der Waals surface area contributed by atoms with E-state index in [0.29, 0.717) is 12.0 Å². The molecule has 0 radical (unpaired) electrons. The largest absolute Gasteiger partial charge is 0.378 e. The molecule has 1 fully saturated rings. The summed E-state index contributed by atoms with van der Waals surface area (Å²) in [5.41, 5.74) is 3.64. The van der Waals surface area contributed by atoms with Crippen LogP contribution in [-0.4, -0.2) is 18.5 Å². The zero-order chi connectivity index (χ0) is 12.8. The lowest BCUT2D eigenvalue weighted by molar-refractivity contribution is -0.0223. The Morgan fingerprint density at radius 1 is 1.39 bits per heavy atom. The summed E-state index contributed by atoms with van der Waals surface area (Å²) >= 11 is 0. The molecule has 0 aromatic heterocycles. The summed E-state index contributed by atoms with van der Waals surface area (Å²) in [4.78, 5) is 4.51. The molecule has 2 rings (SSSR count). The highest BCUT2D eigenvalue weighted by Crippen LogP contribution is 2.33. The molecule has 0 atom stereocenters. The Labute approximate surface area is 108 Å². The molecule has 4 heteroatoms. The summed E-state index contributed by atoms with van der Waals surface area (Å²) in [5, 5.41) is 0. The van der Waals surface area contributed by atoms with Crippen LogP contribution >= 0.6 is 0 Å². The maximum Gasteiger partial charge on any atom is 0.116 e. The minimum atomic E-state index is 0.441. The van der Waals surface area contributed by atoms with Crippen LogP contribution in [0.4, 0.5) is 5.69 Å². The molecule has 0 heterocycles. The van der Waals surface area contributed by atoms with Crippen LogP contribution in [0, 0.1) is 5.92 Å². The maximum absolute atomic E-state index is 5.55. The van der Waals surface area contributed by atoms with Gasteiger partial charge in [0.15, 0.2) is 0 Å². The highest BCUT2D eigenvalue weighted by molar-refractivity contribution is 5.84. The van der Waals surface area contributed by atoms with E-state index in [1.165, 1.54) is 0 Å². The summed E-state index contributed by atoms with van der Waals surface area (Å²) in [6.45, 7) is 2.84. The minimum absolute atomic E-state index is 0.441. The van der Waals surface area contributed by atoms with Gasteiger partial charge in [0.05, 0.1) is 11.8 Å². The molecule has 3 N–H and O–H groups in total. The smallest absolute Gasteiger partial charge is 0.116 e. The van der Waals surface area contributed by atoms with Crippen molar-refractivity contribution >= 4 is 11.5 Å². The van der Waals surface area contributed by atoms with Crippen LogP contribution in [0.5, 0.6) is 0 Å². The predicted molar refractivity (Wildman–Crippen MR) is 73.6 cm³/mol. The Kier molecular flexibility index (Phi) is 4.73. The van der Waals surface area contributed by atoms with Gasteiger partial charge in [-0.05, 0) is 37.8 Å². The molecule has 0 bridgehead atoms. The predicted octanol–water partition coefficient (Wildman–Crippen LogP) is 2.39. The lowest BCUT2D eigenvalue weighted by atomic mass is 9.80. The standard InChI is InChI=1S/C14H21N3O/c1-2-18-13-8-11(9-13)10-14(17-15)16-12-6-4-3-5-7-12/h3-7,11,13H,2,8-10,15H2,1H3,(H,16,17). The number of hydrogen-bond acceptors (Lipinski definition) is 3. The molecule has 4 nitrogen and oxygen atoms in total. The van der Waals surface area contributed by atoms with Crippen LogP contribution in [-0.2, 0) is 4.74 Å². The van der Waals surface area contributed by atoms with Crippen LogP contribution < -0.4 is 11.3 Å². The van der Waals surface area contributed by atoms with E-state index in [-0.39, 0.29) is 0 Å². The van der Waals surface area contributed by atoms with E-state index in [0.717, 1.165) is 37.4 Å². The van der Waals surface area contributed by atoms with Gasteiger partial charge in [0.2, 0.25) is 0 Å². The Bertz CT molecular complexity index is 385. The fourth-order valence-corrected chi connectivity index (χ4v) is 2.28. The first-order valence-electron chi connectivity index (χ1n) is 6.52. The van der Waals surface area contributed by atoms with E-state index in [1.54, 1.807) is 0 Å². The monoisotopic (exact) mass is 247 g/mol. The number of benzene rings is 1. The second-order valence-corrected chi connectivity index (χ2v) is 4.66. The number of rotatable bonds is 5. The summed E-state index contributed by atoms with van der Waals surface area (Å²) in [7, 11) is 0. The molecular weight excluding hydrogens is 226 g/mol. The molecule has 18 heavy (non-hydrogen) atoms. The van der Waals surface area contributed by atoms with Crippen molar-refractivity contribution in [2.45, 2.75) is 32.3 Å². The van der Waals surface area contributed by atoms with Crippen molar-refractivity contribution in [3.05, 3.63) is 30.3 Å². The Balaban J connectivity index is 1.85. The summed E-state index contributed by atoms with van der Waals surface area (Å²) in [6, 6.07) is 9.87. The number of hydrogen-bond donors (Lipinski definition) is 2. The van der Waals surface area contributed by atoms with Gasteiger partial charge < -0.3 is 10.2 Å². The van der Waals surface area contributed by atoms with Crippen LogP contribution in [0.15, 0.2) is 35.3 Å². The normalized spacial score (nSPS) is 23.6. The average Bonchev–Trinajstić information content (AvgIpc) is 2.36. The van der Waals surface area contributed by atoms with Crippen molar-refractivity contribution in [2.75, 3.05) is 6.61 Å². The van der Waals surface area contributed by atoms with E-state index in [4.69, 9.17) is 10.6 Å². The lowest BCUT2D eigenvalue weighted by Crippen LogP contribution is -2.38. The fourth-order valence-electron chi connectivity index (χ4n) is 2.28. The van der Waals surface area contributed by atoms with Gasteiger partial charge in [0.25, 0.3) is 0 Å². The molecular formula is C14H21N3O. The average molecular weight is 247 g/mol. The molecule has 1 aromatic carbocycles. The zero-order valence-electron chi connectivity index (χ0n) is 10.8. The van der Waals surface area contributed by atoms with Gasteiger partial charge in [-0.25, -0.2) is 10.8 Å². The maximum atomic E-state index is 5.55. The fraction of sp³-hybridized carbons (Fsp3) is 0.500. The Morgan fingerprint density at radius 3 is 2.72 bits per heavy atom. The third-order valence-corrected chi connectivity index (χ3v) is 3.26. The van der Waals surface area contributed by atoms with Gasteiger partial charge in [-0.15, -0.1) is 0 Å². The molecule has 0 aliphatic heterocycles. The van der Waals surface area contributed by atoms with Crippen LogP contribution in [0.1, 0.15) is 26.2 Å². The Hall–Kier alpha value is -1.39. The van der Waals surface area contributed by atoms with Gasteiger partial charge in [-0.3, -0.25) is 0 Å². The quantitative estimate of drug-likeness (QED) is 0.363. The number of amidine groups is 1. The van der Waals surface area contributed by atoms with Gasteiger partial charge in [-0.1, -0.05) is 18.2 Å². The second kappa shape index (κ2) is 6.52. The lowest BCUT2D eigenvalue weighted by Gasteiger charge is -2.35. The van der Waals surface area contributed by atoms with Crippen LogP contribution in [0.25, 0.3) is 0 Å². The highest BCUT2D eigenvalue weighted by Gasteiger charge is 2.30. The zero-order valence-corrected chi connectivity index (χ0v) is 10.8. The first-order chi connectivity index (χ1) is 8.81. The molecule has 1 saturated carbocycles. The minimum Gasteiger partial charge on any atom is -0.378 e. The van der Waals surface area contributed by atoms with Gasteiger partial charge in [-0.2, -0.15) is 0 Å². The van der Waals surface area contributed by atoms with E-state index < -0.39 is 0 Å². The first kappa shape index (κ1) is 13.1. The highest BCUT2D eigenvalue weighted by atomic mass is 16.5. The molecule has 1 aliphatic rings. The van der Waals surface area contributed by atoms with E-state index in [1.807, 2.05) is 37.3 Å². The van der Waals surface area contributed by atoms with E-state index >= 15 is 0 Å². The number of nitrogens with zero attached hydrogens (tertiary/aromatic N) is 1. The number of nitrogens with two attached hydrogens (primary N) is 1. The van der Waals surface area contributed by atoms with Gasteiger partial charge in [0.1, 0.15) is 5.84 Å². The van der Waals surface area contributed by atoms with Gasteiger partial charge >= 0.3 is 0 Å². The third-order valence-electron chi connectivity index (χ3n) is 3.26. The van der Waals surface area contributed by atoms with Crippen molar-refractivity contribution in [1.82, 2.24) is 5.43 Å². The molecule has 1 aromatic rings. The second-order valence-electron chi connectivity index (χ2n) is 4.66. The van der Waals surface area contributed by atoms with Crippen molar-refractivity contribution < 1.29 is 4.74 Å². The van der Waals surface area contributed by atoms with Crippen LogP contribution in [0.2, 0.25) is 0 Å². The number of para-hydroxylation sites is 1. The molecule has 0 amide bonds. The number of aliphatic imine (C=N–C) groups is 1. The molecule has 0 unspecified atom stereocenters.